The van der Waals surface area contributed by atoms with Crippen molar-refractivity contribution >= 4 is 23.7 Å². The minimum Gasteiger partial charge on any atom is -0.351 e. The maximum atomic E-state index is 13.2. The molecule has 0 aliphatic carbocycles. The van der Waals surface area contributed by atoms with E-state index in [0.29, 0.717) is 4.90 Å². The van der Waals surface area contributed by atoms with Gasteiger partial charge in [0.15, 0.2) is 0 Å². The summed E-state index contributed by atoms with van der Waals surface area (Å²) < 4.78 is 13.2. The van der Waals surface area contributed by atoms with Crippen molar-refractivity contribution in [3.05, 3.63) is 30.1 Å². The highest BCUT2D eigenvalue weighted by atomic mass is 32.2. The Bertz CT molecular complexity index is 412. The molecular weight excluding hydrogens is 231 g/mol. The number of halogens is 1. The van der Waals surface area contributed by atoms with Crippen LogP contribution in [0, 0.1) is 5.82 Å². The minimum absolute atomic E-state index is 0.356. The molecule has 1 rings (SSSR count). The lowest BCUT2D eigenvalue weighted by molar-refractivity contribution is -0.119. The highest BCUT2D eigenvalue weighted by molar-refractivity contribution is 8.00. The molecule has 1 unspecified atom stereocenters. The van der Waals surface area contributed by atoms with Crippen molar-refractivity contribution in [2.75, 3.05) is 0 Å². The fraction of sp³-hybridized carbons (Fsp3) is 0.200. The van der Waals surface area contributed by atoms with Crippen LogP contribution in [0.4, 0.5) is 9.18 Å². The van der Waals surface area contributed by atoms with E-state index in [2.05, 4.69) is 0 Å². The van der Waals surface area contributed by atoms with E-state index in [-0.39, 0.29) is 0 Å². The Morgan fingerprint density at radius 1 is 1.44 bits per heavy atom. The Kier molecular flexibility index (Phi) is 4.30. The first-order chi connectivity index (χ1) is 7.50. The zero-order valence-electron chi connectivity index (χ0n) is 8.57. The van der Waals surface area contributed by atoms with E-state index in [0.717, 1.165) is 11.8 Å². The molecule has 3 N–H and O–H groups in total. The maximum Gasteiger partial charge on any atom is 0.318 e. The molecular formula is C10H11FN2O2S. The predicted molar refractivity (Wildman–Crippen MR) is 59.4 cm³/mol. The number of rotatable bonds is 3. The first kappa shape index (κ1) is 12.5. The number of amides is 3. The summed E-state index contributed by atoms with van der Waals surface area (Å²) >= 11 is 1.03. The van der Waals surface area contributed by atoms with Crippen LogP contribution in [-0.2, 0) is 4.79 Å². The van der Waals surface area contributed by atoms with Gasteiger partial charge < -0.3 is 5.73 Å². The van der Waals surface area contributed by atoms with Crippen LogP contribution >= 0.6 is 11.8 Å². The Morgan fingerprint density at radius 3 is 2.62 bits per heavy atom. The minimum atomic E-state index is -0.911. The molecule has 0 aliphatic rings. The Hall–Kier alpha value is -1.56. The summed E-state index contributed by atoms with van der Waals surface area (Å²) in [5.41, 5.74) is 4.80. The van der Waals surface area contributed by atoms with Gasteiger partial charge in [0.1, 0.15) is 5.82 Å². The third kappa shape index (κ3) is 3.54. The van der Waals surface area contributed by atoms with E-state index in [9.17, 15) is 14.0 Å². The van der Waals surface area contributed by atoms with Gasteiger partial charge in [-0.2, -0.15) is 0 Å². The topological polar surface area (TPSA) is 72.2 Å². The van der Waals surface area contributed by atoms with E-state index >= 15 is 0 Å². The van der Waals surface area contributed by atoms with Gasteiger partial charge in [0, 0.05) is 4.90 Å². The second kappa shape index (κ2) is 5.50. The molecule has 1 atom stereocenters. The number of nitrogens with two attached hydrogens (primary N) is 1. The third-order valence-electron chi connectivity index (χ3n) is 1.76. The summed E-state index contributed by atoms with van der Waals surface area (Å²) in [5.74, 6) is -0.938. The summed E-state index contributed by atoms with van der Waals surface area (Å²) in [4.78, 5) is 22.1. The van der Waals surface area contributed by atoms with Gasteiger partial charge >= 0.3 is 6.03 Å². The van der Waals surface area contributed by atoms with Crippen LogP contribution in [0.1, 0.15) is 6.92 Å². The zero-order chi connectivity index (χ0) is 12.1. The molecule has 4 nitrogen and oxygen atoms in total. The molecule has 3 amide bonds. The summed E-state index contributed by atoms with van der Waals surface area (Å²) in [6.07, 6.45) is 0. The standard InChI is InChI=1S/C10H11FN2O2S/c1-6(9(14)13-10(12)15)16-8-5-3-2-4-7(8)11/h2-6H,1H3,(H3,12,13,14,15). The first-order valence-corrected chi connectivity index (χ1v) is 5.40. The normalized spacial score (nSPS) is 11.9. The van der Waals surface area contributed by atoms with Crippen LogP contribution < -0.4 is 11.1 Å². The van der Waals surface area contributed by atoms with Gasteiger partial charge in [0.05, 0.1) is 5.25 Å². The molecule has 0 heterocycles. The molecule has 0 spiro atoms. The Balaban J connectivity index is 2.64. The van der Waals surface area contributed by atoms with Crippen molar-refractivity contribution in [1.82, 2.24) is 5.32 Å². The number of carbonyl (C=O) groups excluding carboxylic acids is 2. The maximum absolute atomic E-state index is 13.2. The van der Waals surface area contributed by atoms with Crippen LogP contribution in [0.25, 0.3) is 0 Å². The van der Waals surface area contributed by atoms with Gasteiger partial charge in [0.25, 0.3) is 0 Å². The first-order valence-electron chi connectivity index (χ1n) is 4.52. The summed E-state index contributed by atoms with van der Waals surface area (Å²) in [5, 5.41) is 1.35. The molecule has 1 aromatic rings. The van der Waals surface area contributed by atoms with E-state index in [1.165, 1.54) is 6.07 Å². The van der Waals surface area contributed by atoms with Crippen LogP contribution in [0.2, 0.25) is 0 Å². The molecule has 86 valence electrons. The van der Waals surface area contributed by atoms with Crippen molar-refractivity contribution in [3.8, 4) is 0 Å². The van der Waals surface area contributed by atoms with Crippen molar-refractivity contribution in [1.29, 1.82) is 0 Å². The molecule has 16 heavy (non-hydrogen) atoms. The van der Waals surface area contributed by atoms with Gasteiger partial charge in [-0.3, -0.25) is 10.1 Å². The number of benzene rings is 1. The number of primary amides is 1. The average molecular weight is 242 g/mol. The van der Waals surface area contributed by atoms with Crippen molar-refractivity contribution in [3.63, 3.8) is 0 Å². The number of carbonyl (C=O) groups is 2. The van der Waals surface area contributed by atoms with Gasteiger partial charge in [-0.15, -0.1) is 11.8 Å². The second-order valence-electron chi connectivity index (χ2n) is 3.04. The molecule has 0 aliphatic heterocycles. The number of hydrogen-bond donors (Lipinski definition) is 2. The lowest BCUT2D eigenvalue weighted by Gasteiger charge is -2.10. The molecule has 6 heteroatoms. The number of imide groups is 1. The van der Waals surface area contributed by atoms with E-state index in [4.69, 9.17) is 5.73 Å². The third-order valence-corrected chi connectivity index (χ3v) is 2.91. The fourth-order valence-corrected chi connectivity index (χ4v) is 1.89. The van der Waals surface area contributed by atoms with Crippen LogP contribution in [-0.4, -0.2) is 17.2 Å². The van der Waals surface area contributed by atoms with Gasteiger partial charge in [0.2, 0.25) is 5.91 Å². The molecule has 0 saturated carbocycles. The monoisotopic (exact) mass is 242 g/mol. The summed E-state index contributed by atoms with van der Waals surface area (Å²) in [6.45, 7) is 1.56. The second-order valence-corrected chi connectivity index (χ2v) is 4.43. The average Bonchev–Trinajstić information content (AvgIpc) is 2.20. The van der Waals surface area contributed by atoms with E-state index in [1.54, 1.807) is 25.1 Å². The van der Waals surface area contributed by atoms with Crippen LogP contribution in [0.15, 0.2) is 29.2 Å². The highest BCUT2D eigenvalue weighted by Gasteiger charge is 2.17. The lowest BCUT2D eigenvalue weighted by atomic mass is 10.3. The van der Waals surface area contributed by atoms with Crippen molar-refractivity contribution in [2.24, 2.45) is 5.73 Å². The van der Waals surface area contributed by atoms with Gasteiger partial charge in [-0.05, 0) is 19.1 Å². The SMILES string of the molecule is CC(Sc1ccccc1F)C(=O)NC(N)=O. The molecule has 0 bridgehead atoms. The van der Waals surface area contributed by atoms with E-state index < -0.39 is 23.0 Å². The quantitative estimate of drug-likeness (QED) is 0.789. The predicted octanol–water partition coefficient (Wildman–Crippen LogP) is 1.50. The number of urea groups is 1. The Labute approximate surface area is 96.4 Å². The fourth-order valence-electron chi connectivity index (χ4n) is 1.01. The highest BCUT2D eigenvalue weighted by Crippen LogP contribution is 2.25. The smallest absolute Gasteiger partial charge is 0.318 e. The Morgan fingerprint density at radius 2 is 2.06 bits per heavy atom. The molecule has 0 fully saturated rings. The summed E-state index contributed by atoms with van der Waals surface area (Å²) in [6, 6.07) is 5.19. The molecule has 1 aromatic carbocycles. The van der Waals surface area contributed by atoms with Crippen LogP contribution in [0.5, 0.6) is 0 Å². The van der Waals surface area contributed by atoms with Gasteiger partial charge in [-0.1, -0.05) is 12.1 Å². The molecule has 0 saturated heterocycles. The van der Waals surface area contributed by atoms with E-state index in [1.807, 2.05) is 5.32 Å². The summed E-state index contributed by atoms with van der Waals surface area (Å²) in [7, 11) is 0. The van der Waals surface area contributed by atoms with Crippen molar-refractivity contribution in [2.45, 2.75) is 17.1 Å². The van der Waals surface area contributed by atoms with Gasteiger partial charge in [-0.25, -0.2) is 9.18 Å². The van der Waals surface area contributed by atoms with Crippen LogP contribution in [0.3, 0.4) is 0 Å². The largest absolute Gasteiger partial charge is 0.351 e. The molecule has 0 radical (unpaired) electrons. The zero-order valence-corrected chi connectivity index (χ0v) is 9.38. The number of hydrogen-bond acceptors (Lipinski definition) is 3. The lowest BCUT2D eigenvalue weighted by Crippen LogP contribution is -2.39. The number of thioether (sulfide) groups is 1. The molecule has 0 aromatic heterocycles. The van der Waals surface area contributed by atoms with Crippen molar-refractivity contribution < 1.29 is 14.0 Å². The number of nitrogens with one attached hydrogen (secondary N) is 1.